The Kier molecular flexibility index (Phi) is 9.04. The first kappa shape index (κ1) is 27.6. The molecule has 0 bridgehead atoms. The highest BCUT2D eigenvalue weighted by molar-refractivity contribution is 7.98. The topological polar surface area (TPSA) is 67.1 Å². The maximum Gasteiger partial charge on any atom is 0.137 e. The van der Waals surface area contributed by atoms with Crippen LogP contribution >= 0.6 is 11.8 Å². The minimum absolute atomic E-state index is 0.347. The zero-order valence-electron chi connectivity index (χ0n) is 22.9. The second-order valence-corrected chi connectivity index (χ2v) is 10.7. The van der Waals surface area contributed by atoms with Crippen molar-refractivity contribution >= 4 is 17.3 Å². The van der Waals surface area contributed by atoms with E-state index in [1.165, 1.54) is 0 Å². The Morgan fingerprint density at radius 3 is 1.93 bits per heavy atom. The largest absolute Gasteiger partial charge is 0.374 e. The summed E-state index contributed by atoms with van der Waals surface area (Å²) in [5, 5.41) is 5.49. The first-order valence-electron chi connectivity index (χ1n) is 13.7. The van der Waals surface area contributed by atoms with Crippen LogP contribution in [0.2, 0.25) is 0 Å². The fourth-order valence-corrected chi connectivity index (χ4v) is 5.70. The minimum atomic E-state index is -0.420. The predicted molar refractivity (Wildman–Crippen MR) is 159 cm³/mol. The minimum Gasteiger partial charge on any atom is -0.374 e. The summed E-state index contributed by atoms with van der Waals surface area (Å²) in [6.07, 6.45) is 2.07. The van der Waals surface area contributed by atoms with E-state index in [2.05, 4.69) is 52.5 Å². The summed E-state index contributed by atoms with van der Waals surface area (Å²) in [6, 6.07) is 34.6. The third-order valence-electron chi connectivity index (χ3n) is 7.21. The maximum atomic E-state index is 6.76. The Labute approximate surface area is 244 Å². The van der Waals surface area contributed by atoms with E-state index >= 15 is 0 Å². The van der Waals surface area contributed by atoms with E-state index in [4.69, 9.17) is 18.9 Å². The fraction of sp³-hybridized carbons (Fsp3) is 0.273. The summed E-state index contributed by atoms with van der Waals surface area (Å²) in [4.78, 5) is 4.44. The molecular weight excluding hydrogens is 534 g/mol. The highest BCUT2D eigenvalue weighted by atomic mass is 32.2. The van der Waals surface area contributed by atoms with Gasteiger partial charge in [-0.15, -0.1) is 11.8 Å². The molecule has 0 unspecified atom stereocenters. The third-order valence-corrected chi connectivity index (χ3v) is 7.91. The summed E-state index contributed by atoms with van der Waals surface area (Å²) in [6.45, 7) is 1.73. The van der Waals surface area contributed by atoms with Crippen LogP contribution in [0, 0.1) is 0 Å². The first-order chi connectivity index (χ1) is 20.3. The van der Waals surface area contributed by atoms with Crippen molar-refractivity contribution in [3.8, 4) is 0 Å². The van der Waals surface area contributed by atoms with Crippen LogP contribution in [0.3, 0.4) is 0 Å². The molecule has 1 fully saturated rings. The van der Waals surface area contributed by atoms with Crippen molar-refractivity contribution < 1.29 is 18.9 Å². The van der Waals surface area contributed by atoms with Crippen molar-refractivity contribution in [2.75, 3.05) is 12.9 Å². The van der Waals surface area contributed by atoms with Gasteiger partial charge in [0.1, 0.15) is 35.8 Å². The van der Waals surface area contributed by atoms with Gasteiger partial charge in [-0.2, -0.15) is 5.10 Å². The molecule has 1 aliphatic heterocycles. The number of rotatable bonds is 12. The summed E-state index contributed by atoms with van der Waals surface area (Å²) in [7, 11) is 0. The number of benzene rings is 3. The second-order valence-electron chi connectivity index (χ2n) is 9.94. The van der Waals surface area contributed by atoms with Crippen LogP contribution in [0.25, 0.3) is 5.52 Å². The Morgan fingerprint density at radius 2 is 1.32 bits per heavy atom. The number of aromatic nitrogens is 3. The zero-order chi connectivity index (χ0) is 27.9. The number of hydrogen-bond donors (Lipinski definition) is 0. The maximum absolute atomic E-state index is 6.76. The predicted octanol–water partition coefficient (Wildman–Crippen LogP) is 6.28. The molecule has 4 atom stereocenters. The van der Waals surface area contributed by atoms with E-state index in [0.29, 0.717) is 26.4 Å². The van der Waals surface area contributed by atoms with Crippen molar-refractivity contribution in [2.45, 2.75) is 49.3 Å². The smallest absolute Gasteiger partial charge is 0.137 e. The summed E-state index contributed by atoms with van der Waals surface area (Å²) in [5.41, 5.74) is 5.12. The van der Waals surface area contributed by atoms with Gasteiger partial charge in [0.2, 0.25) is 0 Å². The molecule has 3 aromatic carbocycles. The van der Waals surface area contributed by atoms with Crippen molar-refractivity contribution in [3.05, 3.63) is 132 Å². The molecule has 0 radical (unpaired) electrons. The molecular formula is C33H33N3O4S. The molecule has 8 heteroatoms. The molecule has 3 heterocycles. The molecule has 0 N–H and O–H groups in total. The molecule has 5 aromatic rings. The highest BCUT2D eigenvalue weighted by Gasteiger charge is 2.48. The van der Waals surface area contributed by atoms with Gasteiger partial charge in [0.25, 0.3) is 0 Å². The lowest BCUT2D eigenvalue weighted by Crippen LogP contribution is -2.38. The lowest BCUT2D eigenvalue weighted by atomic mass is 10.0. The van der Waals surface area contributed by atoms with Crippen LogP contribution in [0.15, 0.2) is 114 Å². The van der Waals surface area contributed by atoms with Gasteiger partial charge >= 0.3 is 0 Å². The average molecular weight is 568 g/mol. The summed E-state index contributed by atoms with van der Waals surface area (Å²) < 4.78 is 28.1. The van der Waals surface area contributed by atoms with Gasteiger partial charge in [-0.3, -0.25) is 0 Å². The summed E-state index contributed by atoms with van der Waals surface area (Å²) >= 11 is 1.59. The van der Waals surface area contributed by atoms with Crippen molar-refractivity contribution in [1.82, 2.24) is 14.6 Å². The molecule has 1 aliphatic rings. The Bertz CT molecular complexity index is 1520. The van der Waals surface area contributed by atoms with E-state index in [0.717, 1.165) is 32.9 Å². The second kappa shape index (κ2) is 13.4. The zero-order valence-corrected chi connectivity index (χ0v) is 23.7. The van der Waals surface area contributed by atoms with Gasteiger partial charge in [-0.05, 0) is 35.1 Å². The average Bonchev–Trinajstić information content (AvgIpc) is 3.61. The molecule has 0 saturated carbocycles. The van der Waals surface area contributed by atoms with Gasteiger partial charge in [0.15, 0.2) is 0 Å². The van der Waals surface area contributed by atoms with Gasteiger partial charge in [-0.25, -0.2) is 9.50 Å². The molecule has 0 amide bonds. The van der Waals surface area contributed by atoms with Crippen LogP contribution in [-0.2, 0) is 38.8 Å². The number of nitrogens with zero attached hydrogens (tertiary/aromatic N) is 3. The molecule has 6 rings (SSSR count). The standard InChI is InChI=1S/C33H33N3O4S/c1-41-33-28-18-17-27(36(28)35-23-34-33)30-32(39-21-26-15-9-4-10-16-26)31(38-20-25-13-7-3-8-14-25)29(40-30)22-37-19-24-11-5-2-6-12-24/h2-18,23,29-32H,19-22H2,1H3/t29-,30+,31+,32+/m1/s1. The van der Waals surface area contributed by atoms with Gasteiger partial charge in [0.05, 0.1) is 37.6 Å². The molecule has 0 aliphatic carbocycles. The van der Waals surface area contributed by atoms with E-state index in [1.54, 1.807) is 18.1 Å². The SMILES string of the molecule is CSc1ncnn2c([C@@H]3O[C@H](COCc4ccccc4)[C@H](OCc4ccccc4)[C@H]3OCc3ccccc3)ccc12. The van der Waals surface area contributed by atoms with Crippen LogP contribution in [-0.4, -0.2) is 45.8 Å². The number of hydrogen-bond acceptors (Lipinski definition) is 7. The van der Waals surface area contributed by atoms with Crippen molar-refractivity contribution in [3.63, 3.8) is 0 Å². The fourth-order valence-electron chi connectivity index (χ4n) is 5.19. The quantitative estimate of drug-likeness (QED) is 0.164. The van der Waals surface area contributed by atoms with Crippen LogP contribution < -0.4 is 0 Å². The highest BCUT2D eigenvalue weighted by Crippen LogP contribution is 2.39. The molecule has 2 aromatic heterocycles. The molecule has 1 saturated heterocycles. The Hall–Kier alpha value is -3.53. The first-order valence-corrected chi connectivity index (χ1v) is 15.0. The van der Waals surface area contributed by atoms with E-state index in [1.807, 2.05) is 71.4 Å². The lowest BCUT2D eigenvalue weighted by Gasteiger charge is -2.25. The van der Waals surface area contributed by atoms with E-state index < -0.39 is 12.2 Å². The van der Waals surface area contributed by atoms with Crippen molar-refractivity contribution in [2.24, 2.45) is 0 Å². The Morgan fingerprint density at radius 1 is 0.732 bits per heavy atom. The molecule has 0 spiro atoms. The van der Waals surface area contributed by atoms with Gasteiger partial charge in [-0.1, -0.05) is 91.0 Å². The normalized spacial score (nSPS) is 20.5. The van der Waals surface area contributed by atoms with Crippen LogP contribution in [0.1, 0.15) is 28.5 Å². The molecule has 41 heavy (non-hydrogen) atoms. The number of fused-ring (bicyclic) bond motifs is 1. The Balaban J connectivity index is 1.30. The van der Waals surface area contributed by atoms with Gasteiger partial charge < -0.3 is 18.9 Å². The number of ether oxygens (including phenoxy) is 4. The van der Waals surface area contributed by atoms with Crippen LogP contribution in [0.4, 0.5) is 0 Å². The third kappa shape index (κ3) is 6.53. The van der Waals surface area contributed by atoms with E-state index in [9.17, 15) is 0 Å². The number of thioether (sulfide) groups is 1. The van der Waals surface area contributed by atoms with E-state index in [-0.39, 0.29) is 12.2 Å². The van der Waals surface area contributed by atoms with Gasteiger partial charge in [0, 0.05) is 0 Å². The molecule has 210 valence electrons. The summed E-state index contributed by atoms with van der Waals surface area (Å²) in [5.74, 6) is 0. The lowest BCUT2D eigenvalue weighted by molar-refractivity contribution is -0.0898. The molecule has 7 nitrogen and oxygen atoms in total. The van der Waals surface area contributed by atoms with Crippen molar-refractivity contribution in [1.29, 1.82) is 0 Å². The van der Waals surface area contributed by atoms with Crippen LogP contribution in [0.5, 0.6) is 0 Å². The monoisotopic (exact) mass is 567 g/mol.